The van der Waals surface area contributed by atoms with Gasteiger partial charge in [0.25, 0.3) is 5.56 Å². The topological polar surface area (TPSA) is 75.8 Å². The van der Waals surface area contributed by atoms with Gasteiger partial charge < -0.3 is 9.88 Å². The highest BCUT2D eigenvalue weighted by Gasteiger charge is 2.39. The minimum Gasteiger partial charge on any atom is -0.321 e. The number of carbonyl (C=O) groups is 1. The Kier molecular flexibility index (Phi) is 5.51. The Labute approximate surface area is 158 Å². The van der Waals surface area contributed by atoms with Crippen LogP contribution in [0.15, 0.2) is 57.6 Å². The summed E-state index contributed by atoms with van der Waals surface area (Å²) in [5.74, 6) is 2.34. The molecule has 1 aromatic heterocycles. The van der Waals surface area contributed by atoms with Crippen molar-refractivity contribution in [2.75, 3.05) is 5.32 Å². The van der Waals surface area contributed by atoms with Gasteiger partial charge in [-0.3, -0.25) is 9.59 Å². The predicted molar refractivity (Wildman–Crippen MR) is 105 cm³/mol. The number of amides is 1. The number of pyridine rings is 1. The second-order valence-electron chi connectivity index (χ2n) is 6.78. The SMILES string of the molecule is C#CCCC1(CCC(=O)Nc2cccn(Cc3ccc(C)cc3)c2=O)N=N1. The third kappa shape index (κ3) is 4.91. The molecule has 0 aliphatic carbocycles. The fraction of sp³-hybridized carbons (Fsp3) is 0.333. The second-order valence-corrected chi connectivity index (χ2v) is 6.78. The fourth-order valence-corrected chi connectivity index (χ4v) is 2.84. The Morgan fingerprint density at radius 2 is 1.96 bits per heavy atom. The molecule has 0 radical (unpaired) electrons. The van der Waals surface area contributed by atoms with Crippen LogP contribution in [0, 0.1) is 19.3 Å². The van der Waals surface area contributed by atoms with Gasteiger partial charge in [-0.2, -0.15) is 10.2 Å². The molecule has 3 rings (SSSR count). The van der Waals surface area contributed by atoms with Gasteiger partial charge in [-0.15, -0.1) is 12.3 Å². The Morgan fingerprint density at radius 3 is 2.63 bits per heavy atom. The molecule has 6 nitrogen and oxygen atoms in total. The largest absolute Gasteiger partial charge is 0.321 e. The number of nitrogens with one attached hydrogen (secondary N) is 1. The van der Waals surface area contributed by atoms with Crippen molar-refractivity contribution in [3.8, 4) is 12.3 Å². The van der Waals surface area contributed by atoms with Crippen molar-refractivity contribution in [2.45, 2.75) is 44.8 Å². The number of terminal acetylenes is 1. The highest BCUT2D eigenvalue weighted by Crippen LogP contribution is 2.37. The van der Waals surface area contributed by atoms with Gasteiger partial charge in [0.1, 0.15) is 5.69 Å². The quantitative estimate of drug-likeness (QED) is 0.730. The van der Waals surface area contributed by atoms with Gasteiger partial charge in [-0.1, -0.05) is 29.8 Å². The van der Waals surface area contributed by atoms with Gasteiger partial charge in [0, 0.05) is 31.9 Å². The zero-order chi connectivity index (χ0) is 19.3. The molecule has 0 unspecified atom stereocenters. The van der Waals surface area contributed by atoms with Crippen LogP contribution in [-0.4, -0.2) is 16.1 Å². The molecule has 0 atom stereocenters. The third-order valence-electron chi connectivity index (χ3n) is 4.57. The van der Waals surface area contributed by atoms with E-state index in [1.54, 1.807) is 22.9 Å². The first-order valence-corrected chi connectivity index (χ1v) is 8.94. The number of nitrogens with zero attached hydrogens (tertiary/aromatic N) is 3. The summed E-state index contributed by atoms with van der Waals surface area (Å²) in [6, 6.07) is 11.4. The van der Waals surface area contributed by atoms with E-state index in [2.05, 4.69) is 21.5 Å². The highest BCUT2D eigenvalue weighted by molar-refractivity contribution is 5.90. The van der Waals surface area contributed by atoms with Crippen LogP contribution in [-0.2, 0) is 11.3 Å². The van der Waals surface area contributed by atoms with Crippen molar-refractivity contribution in [1.82, 2.24) is 4.57 Å². The molecule has 2 aromatic rings. The third-order valence-corrected chi connectivity index (χ3v) is 4.57. The van der Waals surface area contributed by atoms with Crippen LogP contribution in [0.2, 0.25) is 0 Å². The first-order valence-electron chi connectivity index (χ1n) is 8.94. The van der Waals surface area contributed by atoms with Crippen LogP contribution >= 0.6 is 0 Å². The molecule has 0 spiro atoms. The number of rotatable bonds is 8. The molecule has 27 heavy (non-hydrogen) atoms. The molecule has 0 saturated heterocycles. The van der Waals surface area contributed by atoms with Crippen LogP contribution in [0.3, 0.4) is 0 Å². The van der Waals surface area contributed by atoms with E-state index in [-0.39, 0.29) is 23.6 Å². The van der Waals surface area contributed by atoms with Crippen LogP contribution in [0.25, 0.3) is 0 Å². The summed E-state index contributed by atoms with van der Waals surface area (Å²) in [6.07, 6.45) is 8.97. The number of aromatic nitrogens is 1. The van der Waals surface area contributed by atoms with Gasteiger partial charge in [-0.25, -0.2) is 0 Å². The lowest BCUT2D eigenvalue weighted by molar-refractivity contribution is -0.116. The van der Waals surface area contributed by atoms with Gasteiger partial charge in [0.2, 0.25) is 5.91 Å². The molecule has 138 valence electrons. The van der Waals surface area contributed by atoms with E-state index >= 15 is 0 Å². The molecule has 1 amide bonds. The van der Waals surface area contributed by atoms with Crippen molar-refractivity contribution < 1.29 is 4.79 Å². The van der Waals surface area contributed by atoms with E-state index in [4.69, 9.17) is 6.42 Å². The average Bonchev–Trinajstić information content (AvgIpc) is 3.44. The molecule has 6 heteroatoms. The maximum absolute atomic E-state index is 12.6. The summed E-state index contributed by atoms with van der Waals surface area (Å²) in [5, 5.41) is 10.7. The molecule has 1 aromatic carbocycles. The van der Waals surface area contributed by atoms with Crippen molar-refractivity contribution in [1.29, 1.82) is 0 Å². The molecular weight excluding hydrogens is 340 g/mol. The maximum Gasteiger partial charge on any atom is 0.274 e. The van der Waals surface area contributed by atoms with E-state index in [1.165, 1.54) is 5.56 Å². The Bertz CT molecular complexity index is 945. The van der Waals surface area contributed by atoms with Crippen molar-refractivity contribution in [2.24, 2.45) is 10.2 Å². The fourth-order valence-electron chi connectivity index (χ4n) is 2.84. The Hall–Kier alpha value is -3.20. The summed E-state index contributed by atoms with van der Waals surface area (Å²) >= 11 is 0. The van der Waals surface area contributed by atoms with Crippen molar-refractivity contribution in [3.63, 3.8) is 0 Å². The molecule has 0 bridgehead atoms. The van der Waals surface area contributed by atoms with E-state index < -0.39 is 5.66 Å². The van der Waals surface area contributed by atoms with E-state index in [9.17, 15) is 9.59 Å². The Balaban J connectivity index is 1.60. The van der Waals surface area contributed by atoms with Crippen LogP contribution in [0.4, 0.5) is 5.69 Å². The minimum atomic E-state index is -0.494. The molecule has 2 heterocycles. The lowest BCUT2D eigenvalue weighted by atomic mass is 10.0. The van der Waals surface area contributed by atoms with Crippen molar-refractivity contribution >= 4 is 11.6 Å². The molecule has 0 fully saturated rings. The summed E-state index contributed by atoms with van der Waals surface area (Å²) in [5.41, 5.74) is 1.75. The van der Waals surface area contributed by atoms with Crippen LogP contribution in [0.5, 0.6) is 0 Å². The maximum atomic E-state index is 12.6. The summed E-state index contributed by atoms with van der Waals surface area (Å²) < 4.78 is 1.58. The summed E-state index contributed by atoms with van der Waals surface area (Å²) in [7, 11) is 0. The summed E-state index contributed by atoms with van der Waals surface area (Å²) in [4.78, 5) is 24.9. The number of hydrogen-bond acceptors (Lipinski definition) is 4. The smallest absolute Gasteiger partial charge is 0.274 e. The standard InChI is InChI=1S/C21H22N4O2/c1-3-4-12-21(23-24-21)13-11-19(26)22-18-6-5-14-25(20(18)27)15-17-9-7-16(2)8-10-17/h1,5-10,14H,4,11-13,15H2,2H3,(H,22,26). The second kappa shape index (κ2) is 8.00. The lowest BCUT2D eigenvalue weighted by Gasteiger charge is -2.11. The van der Waals surface area contributed by atoms with Gasteiger partial charge in [0.15, 0.2) is 5.66 Å². The van der Waals surface area contributed by atoms with Gasteiger partial charge in [0.05, 0.1) is 6.54 Å². The Morgan fingerprint density at radius 1 is 1.22 bits per heavy atom. The summed E-state index contributed by atoms with van der Waals surface area (Å²) in [6.45, 7) is 2.47. The molecule has 1 N–H and O–H groups in total. The van der Waals surface area contributed by atoms with Gasteiger partial charge in [-0.05, 0) is 24.6 Å². The van der Waals surface area contributed by atoms with E-state index in [1.807, 2.05) is 31.2 Å². The number of carbonyl (C=O) groups excluding carboxylic acids is 1. The van der Waals surface area contributed by atoms with Crippen molar-refractivity contribution in [3.05, 3.63) is 64.1 Å². The van der Waals surface area contributed by atoms with E-state index in [0.717, 1.165) is 5.56 Å². The number of benzene rings is 1. The number of anilines is 1. The van der Waals surface area contributed by atoms with Crippen LogP contribution < -0.4 is 10.9 Å². The zero-order valence-electron chi connectivity index (χ0n) is 15.3. The average molecular weight is 362 g/mol. The molecule has 1 aliphatic heterocycles. The number of hydrogen-bond donors (Lipinski definition) is 1. The molecule has 0 saturated carbocycles. The monoisotopic (exact) mass is 362 g/mol. The normalized spacial score (nSPS) is 13.8. The molecule has 1 aliphatic rings. The zero-order valence-corrected chi connectivity index (χ0v) is 15.3. The highest BCUT2D eigenvalue weighted by atomic mass is 16.2. The predicted octanol–water partition coefficient (Wildman–Crippen LogP) is 3.50. The number of aryl methyl sites for hydroxylation is 1. The van der Waals surface area contributed by atoms with E-state index in [0.29, 0.717) is 25.8 Å². The first-order chi connectivity index (χ1) is 13.0. The lowest BCUT2D eigenvalue weighted by Crippen LogP contribution is -2.26. The first kappa shape index (κ1) is 18.6. The minimum absolute atomic E-state index is 0.224. The van der Waals surface area contributed by atoms with Gasteiger partial charge >= 0.3 is 0 Å². The van der Waals surface area contributed by atoms with Crippen LogP contribution in [0.1, 0.15) is 36.8 Å². The molecular formula is C21H22N4O2.